The summed E-state index contributed by atoms with van der Waals surface area (Å²) in [5, 5.41) is 11.3. The Balaban J connectivity index is 2.11. The van der Waals surface area contributed by atoms with Crippen LogP contribution < -0.4 is 0 Å². The Morgan fingerprint density at radius 2 is 1.94 bits per heavy atom. The minimum absolute atomic E-state index is 0.363. The van der Waals surface area contributed by atoms with Gasteiger partial charge in [0, 0.05) is 5.02 Å². The molecular weight excluding hydrogens is 244 g/mol. The molecule has 0 bridgehead atoms. The fraction of sp³-hybridized carbons (Fsp3) is 0.625. The molecule has 2 heteroatoms. The summed E-state index contributed by atoms with van der Waals surface area (Å²) in [5.41, 5.74) is 2.04. The van der Waals surface area contributed by atoms with Crippen LogP contribution in [0.1, 0.15) is 50.3 Å². The van der Waals surface area contributed by atoms with E-state index in [0.717, 1.165) is 34.9 Å². The Kier molecular flexibility index (Phi) is 4.34. The second-order valence-corrected chi connectivity index (χ2v) is 6.39. The molecule has 0 aromatic heterocycles. The highest BCUT2D eigenvalue weighted by Gasteiger charge is 2.30. The molecule has 1 aromatic rings. The van der Waals surface area contributed by atoms with Gasteiger partial charge in [0.2, 0.25) is 0 Å². The van der Waals surface area contributed by atoms with Crippen molar-refractivity contribution in [2.45, 2.75) is 46.1 Å². The summed E-state index contributed by atoms with van der Waals surface area (Å²) in [6.07, 6.45) is 3.10. The fourth-order valence-electron chi connectivity index (χ4n) is 2.94. The van der Waals surface area contributed by atoms with E-state index in [1.54, 1.807) is 0 Å². The van der Waals surface area contributed by atoms with Gasteiger partial charge in [-0.15, -0.1) is 0 Å². The summed E-state index contributed by atoms with van der Waals surface area (Å²) >= 11 is 6.14. The summed E-state index contributed by atoms with van der Waals surface area (Å²) in [6, 6.07) is 5.93. The lowest BCUT2D eigenvalue weighted by molar-refractivity contribution is 0.0561. The summed E-state index contributed by atoms with van der Waals surface area (Å²) in [7, 11) is 0. The van der Waals surface area contributed by atoms with Gasteiger partial charge >= 0.3 is 0 Å². The second-order valence-electron chi connectivity index (χ2n) is 5.98. The van der Waals surface area contributed by atoms with E-state index >= 15 is 0 Å². The number of halogens is 1. The van der Waals surface area contributed by atoms with Crippen LogP contribution in [0.25, 0.3) is 0 Å². The summed E-state index contributed by atoms with van der Waals surface area (Å²) < 4.78 is 0. The van der Waals surface area contributed by atoms with E-state index in [9.17, 15) is 5.11 Å². The maximum Gasteiger partial charge on any atom is 0.0818 e. The molecule has 0 heterocycles. The molecule has 0 spiro atoms. The molecule has 1 aromatic carbocycles. The minimum Gasteiger partial charge on any atom is -0.388 e. The Morgan fingerprint density at radius 3 is 2.56 bits per heavy atom. The fourth-order valence-corrected chi connectivity index (χ4v) is 3.13. The van der Waals surface area contributed by atoms with Gasteiger partial charge in [-0.2, -0.15) is 0 Å². The number of aryl methyl sites for hydroxylation is 1. The number of benzene rings is 1. The number of hydrogen-bond donors (Lipinski definition) is 1. The molecule has 1 fully saturated rings. The number of aliphatic hydroxyl groups excluding tert-OH is 1. The highest BCUT2D eigenvalue weighted by molar-refractivity contribution is 6.31. The zero-order valence-electron chi connectivity index (χ0n) is 11.5. The summed E-state index contributed by atoms with van der Waals surface area (Å²) in [6.45, 7) is 6.60. The third-order valence-electron chi connectivity index (χ3n) is 4.62. The molecule has 1 aliphatic carbocycles. The zero-order valence-corrected chi connectivity index (χ0v) is 12.2. The van der Waals surface area contributed by atoms with Crippen LogP contribution >= 0.6 is 11.6 Å². The topological polar surface area (TPSA) is 20.2 Å². The second kappa shape index (κ2) is 5.63. The Bertz CT molecular complexity index is 416. The van der Waals surface area contributed by atoms with Crippen LogP contribution in [0.4, 0.5) is 0 Å². The molecule has 0 saturated heterocycles. The number of hydrogen-bond acceptors (Lipinski definition) is 1. The highest BCUT2D eigenvalue weighted by atomic mass is 35.5. The van der Waals surface area contributed by atoms with Gasteiger partial charge in [0.25, 0.3) is 0 Å². The molecule has 2 rings (SSSR count). The first-order valence-electron chi connectivity index (χ1n) is 6.93. The van der Waals surface area contributed by atoms with E-state index in [0.29, 0.717) is 11.8 Å². The van der Waals surface area contributed by atoms with Crippen LogP contribution in [-0.2, 0) is 0 Å². The molecule has 1 N–H and O–H groups in total. The lowest BCUT2D eigenvalue weighted by Gasteiger charge is -2.34. The monoisotopic (exact) mass is 266 g/mol. The first-order chi connectivity index (χ1) is 8.49. The first-order valence-corrected chi connectivity index (χ1v) is 7.31. The van der Waals surface area contributed by atoms with E-state index in [4.69, 9.17) is 11.6 Å². The predicted octanol–water partition coefficient (Wildman–Crippen LogP) is 4.75. The quantitative estimate of drug-likeness (QED) is 0.819. The van der Waals surface area contributed by atoms with E-state index in [-0.39, 0.29) is 6.10 Å². The van der Waals surface area contributed by atoms with Crippen LogP contribution in [-0.4, -0.2) is 5.11 Å². The maximum absolute atomic E-state index is 10.5. The van der Waals surface area contributed by atoms with Crippen molar-refractivity contribution in [1.82, 2.24) is 0 Å². The van der Waals surface area contributed by atoms with Crippen molar-refractivity contribution in [2.24, 2.45) is 17.8 Å². The van der Waals surface area contributed by atoms with Gasteiger partial charge in [0.05, 0.1) is 6.10 Å². The van der Waals surface area contributed by atoms with Crippen molar-refractivity contribution in [1.29, 1.82) is 0 Å². The van der Waals surface area contributed by atoms with E-state index < -0.39 is 0 Å². The lowest BCUT2D eigenvalue weighted by Crippen LogP contribution is -2.25. The minimum atomic E-state index is -0.363. The molecule has 1 nitrogen and oxygen atoms in total. The van der Waals surface area contributed by atoms with Crippen molar-refractivity contribution >= 4 is 11.6 Å². The van der Waals surface area contributed by atoms with Gasteiger partial charge in [0.15, 0.2) is 0 Å². The van der Waals surface area contributed by atoms with Gasteiger partial charge in [0.1, 0.15) is 0 Å². The van der Waals surface area contributed by atoms with Gasteiger partial charge < -0.3 is 5.11 Å². The van der Waals surface area contributed by atoms with E-state index in [1.807, 2.05) is 25.1 Å². The molecule has 100 valence electrons. The molecule has 0 amide bonds. The average molecular weight is 267 g/mol. The summed E-state index contributed by atoms with van der Waals surface area (Å²) in [5.74, 6) is 1.88. The largest absolute Gasteiger partial charge is 0.388 e. The molecule has 4 atom stereocenters. The Hall–Kier alpha value is -0.530. The maximum atomic E-state index is 10.5. The van der Waals surface area contributed by atoms with Crippen molar-refractivity contribution in [3.63, 3.8) is 0 Å². The van der Waals surface area contributed by atoms with E-state index in [1.165, 1.54) is 6.42 Å². The van der Waals surface area contributed by atoms with Crippen molar-refractivity contribution in [3.05, 3.63) is 34.3 Å². The van der Waals surface area contributed by atoms with Gasteiger partial charge in [-0.1, -0.05) is 44.0 Å². The first kappa shape index (κ1) is 13.9. The Labute approximate surface area is 115 Å². The highest BCUT2D eigenvalue weighted by Crippen LogP contribution is 2.40. The van der Waals surface area contributed by atoms with Gasteiger partial charge in [-0.25, -0.2) is 0 Å². The Morgan fingerprint density at radius 1 is 1.22 bits per heavy atom. The zero-order chi connectivity index (χ0) is 13.3. The third-order valence-corrected chi connectivity index (χ3v) is 5.03. The summed E-state index contributed by atoms with van der Waals surface area (Å²) in [4.78, 5) is 0. The van der Waals surface area contributed by atoms with E-state index in [2.05, 4.69) is 13.8 Å². The molecular formula is C16H23ClO. The predicted molar refractivity (Wildman–Crippen MR) is 76.8 cm³/mol. The van der Waals surface area contributed by atoms with Crippen molar-refractivity contribution in [3.8, 4) is 0 Å². The van der Waals surface area contributed by atoms with Crippen LogP contribution in [0, 0.1) is 24.7 Å². The molecule has 0 aliphatic heterocycles. The van der Waals surface area contributed by atoms with Crippen molar-refractivity contribution in [2.75, 3.05) is 0 Å². The van der Waals surface area contributed by atoms with Crippen LogP contribution in [0.15, 0.2) is 18.2 Å². The molecule has 18 heavy (non-hydrogen) atoms. The van der Waals surface area contributed by atoms with Crippen molar-refractivity contribution < 1.29 is 5.11 Å². The standard InChI is InChI=1S/C16H23ClO/c1-10-4-6-13(8-12(10)3)16(18)14-7-5-11(2)15(17)9-14/h5,7,9-10,12-13,16,18H,4,6,8H2,1-3H3. The van der Waals surface area contributed by atoms with Gasteiger partial charge in [-0.05, 0) is 54.7 Å². The number of aliphatic hydroxyl groups is 1. The lowest BCUT2D eigenvalue weighted by atomic mass is 9.73. The van der Waals surface area contributed by atoms with Gasteiger partial charge in [-0.3, -0.25) is 0 Å². The number of rotatable bonds is 2. The average Bonchev–Trinajstić information content (AvgIpc) is 2.35. The molecule has 0 radical (unpaired) electrons. The smallest absolute Gasteiger partial charge is 0.0818 e. The van der Waals surface area contributed by atoms with Crippen LogP contribution in [0.3, 0.4) is 0 Å². The van der Waals surface area contributed by atoms with Crippen LogP contribution in [0.2, 0.25) is 5.02 Å². The normalized spacial score (nSPS) is 30.2. The molecule has 1 aliphatic rings. The molecule has 1 saturated carbocycles. The van der Waals surface area contributed by atoms with Crippen LogP contribution in [0.5, 0.6) is 0 Å². The molecule has 4 unspecified atom stereocenters. The third kappa shape index (κ3) is 2.89. The SMILES string of the molecule is Cc1ccc(C(O)C2CCC(C)C(C)C2)cc1Cl.